The van der Waals surface area contributed by atoms with Crippen molar-refractivity contribution in [3.8, 4) is 11.5 Å². The molecule has 0 spiro atoms. The summed E-state index contributed by atoms with van der Waals surface area (Å²) in [5, 5.41) is 3.85. The monoisotopic (exact) mass is 416 g/mol. The van der Waals surface area contributed by atoms with Crippen molar-refractivity contribution in [2.45, 2.75) is 13.8 Å². The standard InChI is InChI=1S/C22H21ClO6/c1-14(24)26-9-11-28-21-17-5-3-4-6-18(17)22(29-12-10-27-15(2)25)20-13-16(23)7-8-19(20)21/h3-8,13H,9-12H2,1-2H3. The molecule has 7 heteroatoms. The molecule has 0 aliphatic heterocycles. The maximum Gasteiger partial charge on any atom is 0.302 e. The molecule has 0 heterocycles. The zero-order valence-electron chi connectivity index (χ0n) is 16.2. The Bertz CT molecular complexity index is 1050. The molecule has 0 aliphatic carbocycles. The van der Waals surface area contributed by atoms with Gasteiger partial charge in [-0.05, 0) is 18.2 Å². The number of halogens is 1. The molecular weight excluding hydrogens is 396 g/mol. The summed E-state index contributed by atoms with van der Waals surface area (Å²) < 4.78 is 21.9. The highest BCUT2D eigenvalue weighted by atomic mass is 35.5. The summed E-state index contributed by atoms with van der Waals surface area (Å²) in [7, 11) is 0. The van der Waals surface area contributed by atoms with Crippen LogP contribution in [0.3, 0.4) is 0 Å². The van der Waals surface area contributed by atoms with Crippen molar-refractivity contribution in [3.63, 3.8) is 0 Å². The second-order valence-electron chi connectivity index (χ2n) is 6.27. The van der Waals surface area contributed by atoms with Crippen molar-refractivity contribution < 1.29 is 28.5 Å². The van der Waals surface area contributed by atoms with Crippen molar-refractivity contribution in [2.24, 2.45) is 0 Å². The Hall–Kier alpha value is -2.99. The van der Waals surface area contributed by atoms with Crippen molar-refractivity contribution in [2.75, 3.05) is 26.4 Å². The summed E-state index contributed by atoms with van der Waals surface area (Å²) in [6.07, 6.45) is 0. The number of benzene rings is 3. The smallest absolute Gasteiger partial charge is 0.302 e. The van der Waals surface area contributed by atoms with Crippen LogP contribution in [0, 0.1) is 0 Å². The van der Waals surface area contributed by atoms with Crippen LogP contribution in [0.25, 0.3) is 21.5 Å². The average Bonchev–Trinajstić information content (AvgIpc) is 2.68. The lowest BCUT2D eigenvalue weighted by Gasteiger charge is -2.18. The number of fused-ring (bicyclic) bond motifs is 2. The highest BCUT2D eigenvalue weighted by molar-refractivity contribution is 6.31. The molecule has 3 aromatic rings. The predicted octanol–water partition coefficient (Wildman–Crippen LogP) is 4.53. The zero-order chi connectivity index (χ0) is 20.8. The van der Waals surface area contributed by atoms with E-state index in [1.165, 1.54) is 13.8 Å². The maximum atomic E-state index is 11.0. The number of esters is 2. The number of carbonyl (C=O) groups is 2. The summed E-state index contributed by atoms with van der Waals surface area (Å²) in [5.41, 5.74) is 0. The molecular formula is C22H21ClO6. The molecule has 29 heavy (non-hydrogen) atoms. The van der Waals surface area contributed by atoms with Crippen molar-refractivity contribution in [1.29, 1.82) is 0 Å². The summed E-state index contributed by atoms with van der Waals surface area (Å²) >= 11 is 6.24. The Kier molecular flexibility index (Phi) is 6.77. The molecule has 0 fully saturated rings. The van der Waals surface area contributed by atoms with E-state index in [0.29, 0.717) is 16.5 Å². The molecule has 0 radical (unpaired) electrons. The number of hydrogen-bond acceptors (Lipinski definition) is 6. The quantitative estimate of drug-likeness (QED) is 0.305. The van der Waals surface area contributed by atoms with Crippen LogP contribution in [0.15, 0.2) is 42.5 Å². The van der Waals surface area contributed by atoms with E-state index in [4.69, 9.17) is 30.5 Å². The Morgan fingerprint density at radius 1 is 0.724 bits per heavy atom. The third kappa shape index (κ3) is 5.09. The molecule has 0 amide bonds. The van der Waals surface area contributed by atoms with Gasteiger partial charge in [-0.1, -0.05) is 35.9 Å². The van der Waals surface area contributed by atoms with Gasteiger partial charge in [0, 0.05) is 40.4 Å². The second-order valence-corrected chi connectivity index (χ2v) is 6.71. The average molecular weight is 417 g/mol. The van der Waals surface area contributed by atoms with Gasteiger partial charge in [0.25, 0.3) is 0 Å². The second kappa shape index (κ2) is 9.47. The lowest BCUT2D eigenvalue weighted by Crippen LogP contribution is -2.11. The molecule has 0 aromatic heterocycles. The van der Waals surface area contributed by atoms with Gasteiger partial charge in [-0.15, -0.1) is 0 Å². The lowest BCUT2D eigenvalue weighted by molar-refractivity contribution is -0.142. The first-order valence-electron chi connectivity index (χ1n) is 9.13. The molecule has 3 aromatic carbocycles. The summed E-state index contributed by atoms with van der Waals surface area (Å²) in [5.74, 6) is 0.582. The molecule has 0 saturated carbocycles. The predicted molar refractivity (Wildman–Crippen MR) is 111 cm³/mol. The van der Waals surface area contributed by atoms with E-state index in [0.717, 1.165) is 21.5 Å². The van der Waals surface area contributed by atoms with Crippen LogP contribution in [-0.4, -0.2) is 38.4 Å². The minimum Gasteiger partial charge on any atom is -0.489 e. The van der Waals surface area contributed by atoms with Gasteiger partial charge in [0.1, 0.15) is 37.9 Å². The summed E-state index contributed by atoms with van der Waals surface area (Å²) in [6, 6.07) is 13.1. The van der Waals surface area contributed by atoms with E-state index in [-0.39, 0.29) is 38.4 Å². The topological polar surface area (TPSA) is 71.1 Å². The highest BCUT2D eigenvalue weighted by Crippen LogP contribution is 2.43. The first kappa shape index (κ1) is 20.7. The minimum absolute atomic E-state index is 0.145. The van der Waals surface area contributed by atoms with E-state index in [2.05, 4.69) is 0 Å². The fourth-order valence-corrected chi connectivity index (χ4v) is 3.21. The number of carbonyl (C=O) groups excluding carboxylic acids is 2. The Morgan fingerprint density at radius 2 is 1.21 bits per heavy atom. The summed E-state index contributed by atoms with van der Waals surface area (Å²) in [6.45, 7) is 3.43. The largest absolute Gasteiger partial charge is 0.489 e. The fraction of sp³-hybridized carbons (Fsp3) is 0.273. The Labute approximate surface area is 173 Å². The third-order valence-electron chi connectivity index (χ3n) is 4.16. The minimum atomic E-state index is -0.358. The van der Waals surface area contributed by atoms with E-state index < -0.39 is 0 Å². The van der Waals surface area contributed by atoms with Crippen LogP contribution in [0.5, 0.6) is 11.5 Å². The first-order chi connectivity index (χ1) is 14.0. The van der Waals surface area contributed by atoms with Gasteiger partial charge in [-0.25, -0.2) is 0 Å². The van der Waals surface area contributed by atoms with Crippen LogP contribution < -0.4 is 9.47 Å². The highest BCUT2D eigenvalue weighted by Gasteiger charge is 2.16. The number of rotatable bonds is 8. The fourth-order valence-electron chi connectivity index (χ4n) is 3.04. The van der Waals surface area contributed by atoms with Crippen molar-refractivity contribution in [1.82, 2.24) is 0 Å². The van der Waals surface area contributed by atoms with Gasteiger partial charge in [-0.2, -0.15) is 0 Å². The van der Waals surface area contributed by atoms with Crippen LogP contribution in [-0.2, 0) is 19.1 Å². The van der Waals surface area contributed by atoms with E-state index in [1.807, 2.05) is 36.4 Å². The zero-order valence-corrected chi connectivity index (χ0v) is 17.0. The van der Waals surface area contributed by atoms with Gasteiger partial charge >= 0.3 is 11.9 Å². The van der Waals surface area contributed by atoms with E-state index in [9.17, 15) is 9.59 Å². The maximum absolute atomic E-state index is 11.0. The molecule has 3 rings (SSSR count). The molecule has 0 bridgehead atoms. The molecule has 0 atom stereocenters. The van der Waals surface area contributed by atoms with Gasteiger partial charge in [0.2, 0.25) is 0 Å². The first-order valence-corrected chi connectivity index (χ1v) is 9.51. The summed E-state index contributed by atoms with van der Waals surface area (Å²) in [4.78, 5) is 22.0. The van der Waals surface area contributed by atoms with Gasteiger partial charge in [-0.3, -0.25) is 9.59 Å². The van der Waals surface area contributed by atoms with Crippen LogP contribution >= 0.6 is 11.6 Å². The van der Waals surface area contributed by atoms with Gasteiger partial charge in [0.05, 0.1) is 0 Å². The Balaban J connectivity index is 2.03. The number of hydrogen-bond donors (Lipinski definition) is 0. The molecule has 152 valence electrons. The molecule has 0 unspecified atom stereocenters. The van der Waals surface area contributed by atoms with Crippen LogP contribution in [0.4, 0.5) is 0 Å². The molecule has 0 aliphatic rings. The number of ether oxygens (including phenoxy) is 4. The Morgan fingerprint density at radius 3 is 1.72 bits per heavy atom. The lowest BCUT2D eigenvalue weighted by atomic mass is 10.0. The molecule has 0 saturated heterocycles. The van der Waals surface area contributed by atoms with Crippen molar-refractivity contribution in [3.05, 3.63) is 47.5 Å². The van der Waals surface area contributed by atoms with E-state index in [1.54, 1.807) is 6.07 Å². The van der Waals surface area contributed by atoms with Crippen LogP contribution in [0.1, 0.15) is 13.8 Å². The van der Waals surface area contributed by atoms with Crippen LogP contribution in [0.2, 0.25) is 5.02 Å². The third-order valence-corrected chi connectivity index (χ3v) is 4.39. The molecule has 0 N–H and O–H groups in total. The van der Waals surface area contributed by atoms with Gasteiger partial charge in [0.15, 0.2) is 0 Å². The van der Waals surface area contributed by atoms with Crippen molar-refractivity contribution >= 4 is 45.1 Å². The van der Waals surface area contributed by atoms with E-state index >= 15 is 0 Å². The normalized spacial score (nSPS) is 10.7. The SMILES string of the molecule is CC(=O)OCCOc1c2ccccc2c(OCCOC(C)=O)c2cc(Cl)ccc12. The molecule has 6 nitrogen and oxygen atoms in total. The van der Waals surface area contributed by atoms with Gasteiger partial charge < -0.3 is 18.9 Å².